The number of ether oxygens (including phenoxy) is 1. The summed E-state index contributed by atoms with van der Waals surface area (Å²) in [4.78, 5) is 24.6. The molecule has 4 nitrogen and oxygen atoms in total. The van der Waals surface area contributed by atoms with E-state index in [0.717, 1.165) is 17.3 Å². The molecule has 0 radical (unpaired) electrons. The molecule has 1 amide bonds. The van der Waals surface area contributed by atoms with Gasteiger partial charge in [-0.1, -0.05) is 30.3 Å². The SMILES string of the molecule is [2H]C([3H])OCc1ccc(C(=O)Sc2cccc(C(=O)NC)c2)cc1. The first-order valence-corrected chi connectivity index (χ1v) is 7.40. The van der Waals surface area contributed by atoms with E-state index in [2.05, 4.69) is 5.32 Å². The van der Waals surface area contributed by atoms with Gasteiger partial charge in [-0.3, -0.25) is 9.59 Å². The third kappa shape index (κ3) is 4.19. The van der Waals surface area contributed by atoms with Gasteiger partial charge in [-0.05, 0) is 35.5 Å². The molecule has 114 valence electrons. The first kappa shape index (κ1) is 13.5. The quantitative estimate of drug-likeness (QED) is 0.861. The van der Waals surface area contributed by atoms with E-state index < -0.39 is 7.06 Å². The topological polar surface area (TPSA) is 55.4 Å². The predicted molar refractivity (Wildman–Crippen MR) is 87.2 cm³/mol. The van der Waals surface area contributed by atoms with E-state index in [9.17, 15) is 9.59 Å². The summed E-state index contributed by atoms with van der Waals surface area (Å²) in [5.74, 6) is -0.198. The third-order valence-electron chi connectivity index (χ3n) is 2.97. The minimum atomic E-state index is -1.32. The molecule has 2 aromatic carbocycles. The van der Waals surface area contributed by atoms with Gasteiger partial charge < -0.3 is 10.1 Å². The van der Waals surface area contributed by atoms with E-state index in [1.54, 1.807) is 55.6 Å². The van der Waals surface area contributed by atoms with Crippen LogP contribution in [0.1, 0.15) is 29.0 Å². The van der Waals surface area contributed by atoms with E-state index in [0.29, 0.717) is 16.0 Å². The van der Waals surface area contributed by atoms with Gasteiger partial charge in [0.05, 0.1) is 9.35 Å². The van der Waals surface area contributed by atoms with E-state index in [1.165, 1.54) is 0 Å². The van der Waals surface area contributed by atoms with Crippen LogP contribution in [-0.2, 0) is 11.3 Å². The van der Waals surface area contributed by atoms with E-state index >= 15 is 0 Å². The average molecular weight is 318 g/mol. The molecule has 0 aliphatic heterocycles. The van der Waals surface area contributed by atoms with Crippen molar-refractivity contribution in [1.29, 1.82) is 0 Å². The molecule has 22 heavy (non-hydrogen) atoms. The fourth-order valence-corrected chi connectivity index (χ4v) is 2.64. The normalized spacial score (nSPS) is 13.0. The van der Waals surface area contributed by atoms with Gasteiger partial charge in [0.25, 0.3) is 5.91 Å². The Hall–Kier alpha value is -2.11. The fourth-order valence-electron chi connectivity index (χ4n) is 1.84. The van der Waals surface area contributed by atoms with Crippen molar-refractivity contribution in [2.75, 3.05) is 14.1 Å². The maximum atomic E-state index is 12.3. The van der Waals surface area contributed by atoms with Crippen molar-refractivity contribution in [3.05, 3.63) is 65.2 Å². The van der Waals surface area contributed by atoms with Gasteiger partial charge in [-0.25, -0.2) is 0 Å². The Kier molecular flexibility index (Phi) is 4.79. The van der Waals surface area contributed by atoms with Crippen LogP contribution in [0.15, 0.2) is 53.4 Å². The number of carbonyl (C=O) groups is 2. The minimum Gasteiger partial charge on any atom is -0.380 e. The van der Waals surface area contributed by atoms with Crippen LogP contribution < -0.4 is 5.32 Å². The Morgan fingerprint density at radius 2 is 2.05 bits per heavy atom. The van der Waals surface area contributed by atoms with E-state index in [-0.39, 0.29) is 17.6 Å². The highest BCUT2D eigenvalue weighted by atomic mass is 32.2. The zero-order valence-corrected chi connectivity index (χ0v) is 12.9. The second-order valence-electron chi connectivity index (χ2n) is 4.50. The number of carbonyl (C=O) groups excluding carboxylic acids is 2. The molecule has 1 unspecified atom stereocenters. The smallest absolute Gasteiger partial charge is 0.251 e. The van der Waals surface area contributed by atoms with Crippen LogP contribution in [0.5, 0.6) is 0 Å². The maximum absolute atomic E-state index is 12.3. The number of rotatable bonds is 5. The monoisotopic (exact) mass is 318 g/mol. The summed E-state index contributed by atoms with van der Waals surface area (Å²) in [6, 6.07) is 13.7. The molecule has 2 rings (SSSR count). The number of amides is 1. The third-order valence-corrected chi connectivity index (χ3v) is 3.88. The average Bonchev–Trinajstić information content (AvgIpc) is 2.59. The lowest BCUT2D eigenvalue weighted by Gasteiger charge is -2.05. The van der Waals surface area contributed by atoms with Crippen molar-refractivity contribution >= 4 is 22.8 Å². The minimum absolute atomic E-state index is 0.129. The lowest BCUT2D eigenvalue weighted by molar-refractivity contribution is 0.0962. The Bertz CT molecular complexity index is 720. The molecular formula is C17H17NO3S. The molecule has 0 spiro atoms. The first-order valence-electron chi connectivity index (χ1n) is 7.74. The second-order valence-corrected chi connectivity index (χ2v) is 5.55. The molecule has 0 bridgehead atoms. The Morgan fingerprint density at radius 1 is 1.27 bits per heavy atom. The summed E-state index contributed by atoms with van der Waals surface area (Å²) < 4.78 is 18.8. The van der Waals surface area contributed by atoms with E-state index in [4.69, 9.17) is 7.48 Å². The highest BCUT2D eigenvalue weighted by molar-refractivity contribution is 8.14. The van der Waals surface area contributed by atoms with Crippen molar-refractivity contribution in [1.82, 2.24) is 5.32 Å². The molecule has 0 saturated heterocycles. The lowest BCUT2D eigenvalue weighted by Crippen LogP contribution is -2.17. The van der Waals surface area contributed by atoms with Crippen LogP contribution in [0, 0.1) is 0 Å². The second kappa shape index (κ2) is 7.77. The standard InChI is InChI=1S/C17H17NO3S/c1-18-16(19)14-4-3-5-15(10-14)22-17(20)13-8-6-12(7-9-13)11-21-2/h3-10H,11H2,1-2H3,(H,18,19)/i2TD. The number of methoxy groups -OCH3 is 1. The van der Waals surface area contributed by atoms with Crippen molar-refractivity contribution in [3.8, 4) is 0 Å². The van der Waals surface area contributed by atoms with Crippen LogP contribution in [0.25, 0.3) is 0 Å². The summed E-state index contributed by atoms with van der Waals surface area (Å²) in [7, 11) is 0.233. The molecule has 2 aromatic rings. The van der Waals surface area contributed by atoms with Crippen molar-refractivity contribution in [2.45, 2.75) is 11.5 Å². The van der Waals surface area contributed by atoms with Gasteiger partial charge >= 0.3 is 0 Å². The van der Waals surface area contributed by atoms with Crippen LogP contribution in [0.4, 0.5) is 0 Å². The Balaban J connectivity index is 2.03. The molecule has 0 aromatic heterocycles. The molecule has 0 aliphatic rings. The van der Waals surface area contributed by atoms with Crippen LogP contribution in [0.2, 0.25) is 0 Å². The highest BCUT2D eigenvalue weighted by Gasteiger charge is 2.10. The number of thioether (sulfide) groups is 1. The summed E-state index contributed by atoms with van der Waals surface area (Å²) in [5, 5.41) is 2.42. The molecule has 0 aliphatic carbocycles. The molecule has 0 heterocycles. The predicted octanol–water partition coefficient (Wildman–Crippen LogP) is 3.13. The molecule has 1 atom stereocenters. The van der Waals surface area contributed by atoms with Crippen LogP contribution in [0.3, 0.4) is 0 Å². The largest absolute Gasteiger partial charge is 0.380 e. The van der Waals surface area contributed by atoms with Crippen LogP contribution in [-0.4, -0.2) is 25.1 Å². The molecular weight excluding hydrogens is 298 g/mol. The molecule has 5 heteroatoms. The molecule has 1 N–H and O–H groups in total. The number of benzene rings is 2. The first-order chi connectivity index (χ1) is 11.5. The summed E-state index contributed by atoms with van der Waals surface area (Å²) >= 11 is 1.05. The Morgan fingerprint density at radius 3 is 2.73 bits per heavy atom. The van der Waals surface area contributed by atoms with Crippen molar-refractivity contribution < 1.29 is 17.1 Å². The highest BCUT2D eigenvalue weighted by Crippen LogP contribution is 2.24. The zero-order valence-electron chi connectivity index (χ0n) is 14.0. The molecule has 0 fully saturated rings. The van der Waals surface area contributed by atoms with Gasteiger partial charge in [0.2, 0.25) is 5.12 Å². The summed E-state index contributed by atoms with van der Waals surface area (Å²) in [6.07, 6.45) is 0. The van der Waals surface area contributed by atoms with E-state index in [1.807, 2.05) is 0 Å². The Labute approximate surface area is 136 Å². The number of hydrogen-bond acceptors (Lipinski definition) is 4. The van der Waals surface area contributed by atoms with Gasteiger partial charge in [0.1, 0.15) is 0 Å². The van der Waals surface area contributed by atoms with Gasteiger partial charge in [0, 0.05) is 30.1 Å². The lowest BCUT2D eigenvalue weighted by atomic mass is 10.1. The molecule has 0 saturated carbocycles. The van der Waals surface area contributed by atoms with Crippen molar-refractivity contribution in [3.63, 3.8) is 0 Å². The maximum Gasteiger partial charge on any atom is 0.251 e. The van der Waals surface area contributed by atoms with Crippen LogP contribution >= 0.6 is 11.8 Å². The van der Waals surface area contributed by atoms with Gasteiger partial charge in [-0.2, -0.15) is 0 Å². The zero-order chi connectivity index (χ0) is 17.5. The van der Waals surface area contributed by atoms with Gasteiger partial charge in [-0.15, -0.1) is 0 Å². The summed E-state index contributed by atoms with van der Waals surface area (Å²) in [6.45, 7) is 0.160. The van der Waals surface area contributed by atoms with Gasteiger partial charge in [0.15, 0.2) is 0 Å². The number of hydrogen-bond donors (Lipinski definition) is 1. The fraction of sp³-hybridized carbons (Fsp3) is 0.176. The summed E-state index contributed by atoms with van der Waals surface area (Å²) in [5.41, 5.74) is 1.83. The number of nitrogens with one attached hydrogen (secondary N) is 1. The van der Waals surface area contributed by atoms with Crippen molar-refractivity contribution in [2.24, 2.45) is 0 Å².